The van der Waals surface area contributed by atoms with E-state index in [2.05, 4.69) is 12.2 Å². The standard InChI is InChI=1S/C6H13N2O/c1-6(2,3)4-8-5(7)9/h1,4H2,2-3H3,(H3,7,8,9). The number of primary amides is 1. The molecule has 3 heteroatoms. The fourth-order valence-corrected chi connectivity index (χ4v) is 0.326. The summed E-state index contributed by atoms with van der Waals surface area (Å²) in [6.45, 7) is 8.13. The molecule has 0 aromatic carbocycles. The maximum Gasteiger partial charge on any atom is 0.312 e. The van der Waals surface area contributed by atoms with Crippen LogP contribution in [0.15, 0.2) is 0 Å². The Kier molecular flexibility index (Phi) is 2.49. The molecule has 2 amide bonds. The van der Waals surface area contributed by atoms with Gasteiger partial charge in [0.2, 0.25) is 0 Å². The predicted octanol–water partition coefficient (Wildman–Crippen LogP) is 0.515. The Morgan fingerprint density at radius 2 is 2.22 bits per heavy atom. The first-order valence-electron chi connectivity index (χ1n) is 2.80. The Bertz CT molecular complexity index is 104. The topological polar surface area (TPSA) is 55.1 Å². The molecule has 1 radical (unpaired) electrons. The number of hydrogen-bond donors (Lipinski definition) is 2. The average molecular weight is 129 g/mol. The summed E-state index contributed by atoms with van der Waals surface area (Å²) in [5, 5.41) is 2.46. The van der Waals surface area contributed by atoms with Gasteiger partial charge in [0.15, 0.2) is 0 Å². The molecule has 0 saturated heterocycles. The van der Waals surface area contributed by atoms with E-state index in [1.165, 1.54) is 0 Å². The van der Waals surface area contributed by atoms with Crippen molar-refractivity contribution in [1.29, 1.82) is 0 Å². The second-order valence-corrected chi connectivity index (χ2v) is 2.88. The summed E-state index contributed by atoms with van der Waals surface area (Å²) >= 11 is 0. The van der Waals surface area contributed by atoms with Crippen LogP contribution in [0.2, 0.25) is 0 Å². The van der Waals surface area contributed by atoms with Crippen molar-refractivity contribution in [3.05, 3.63) is 6.92 Å². The van der Waals surface area contributed by atoms with E-state index in [1.807, 2.05) is 13.8 Å². The highest BCUT2D eigenvalue weighted by Crippen LogP contribution is 2.08. The lowest BCUT2D eigenvalue weighted by molar-refractivity contribution is 0.245. The highest BCUT2D eigenvalue weighted by atomic mass is 16.2. The largest absolute Gasteiger partial charge is 0.352 e. The molecule has 0 aliphatic carbocycles. The van der Waals surface area contributed by atoms with Crippen LogP contribution < -0.4 is 11.1 Å². The number of nitrogens with one attached hydrogen (secondary N) is 1. The van der Waals surface area contributed by atoms with Crippen molar-refractivity contribution in [3.63, 3.8) is 0 Å². The molecule has 0 spiro atoms. The Morgan fingerprint density at radius 3 is 2.33 bits per heavy atom. The van der Waals surface area contributed by atoms with Crippen molar-refractivity contribution in [3.8, 4) is 0 Å². The number of hydrogen-bond acceptors (Lipinski definition) is 1. The van der Waals surface area contributed by atoms with Crippen LogP contribution in [0.4, 0.5) is 4.79 Å². The molecule has 3 nitrogen and oxygen atoms in total. The highest BCUT2D eigenvalue weighted by molar-refractivity contribution is 5.71. The molecule has 0 aliphatic rings. The van der Waals surface area contributed by atoms with Gasteiger partial charge < -0.3 is 11.1 Å². The van der Waals surface area contributed by atoms with Crippen LogP contribution in [0, 0.1) is 12.3 Å². The lowest BCUT2D eigenvalue weighted by atomic mass is 9.97. The van der Waals surface area contributed by atoms with Crippen LogP contribution in [0.3, 0.4) is 0 Å². The van der Waals surface area contributed by atoms with E-state index >= 15 is 0 Å². The summed E-state index contributed by atoms with van der Waals surface area (Å²) in [5.41, 5.74) is 4.69. The van der Waals surface area contributed by atoms with Crippen molar-refractivity contribution >= 4 is 6.03 Å². The van der Waals surface area contributed by atoms with Gasteiger partial charge in [-0.1, -0.05) is 13.8 Å². The van der Waals surface area contributed by atoms with Crippen molar-refractivity contribution in [2.24, 2.45) is 11.1 Å². The molecular formula is C6H13N2O. The number of carbonyl (C=O) groups is 1. The average Bonchev–Trinajstić information content (AvgIpc) is 1.59. The third-order valence-corrected chi connectivity index (χ3v) is 0.741. The Labute approximate surface area is 55.6 Å². The second-order valence-electron chi connectivity index (χ2n) is 2.88. The minimum atomic E-state index is -0.494. The molecule has 0 atom stereocenters. The molecule has 0 saturated carbocycles. The molecule has 0 fully saturated rings. The Morgan fingerprint density at radius 1 is 1.78 bits per heavy atom. The molecule has 0 unspecified atom stereocenters. The molecule has 53 valence electrons. The molecular weight excluding hydrogens is 116 g/mol. The SMILES string of the molecule is [CH2]C(C)(C)CNC(N)=O. The third kappa shape index (κ3) is 7.27. The summed E-state index contributed by atoms with van der Waals surface area (Å²) in [7, 11) is 0. The van der Waals surface area contributed by atoms with Gasteiger partial charge in [-0.2, -0.15) is 0 Å². The smallest absolute Gasteiger partial charge is 0.312 e. The lowest BCUT2D eigenvalue weighted by Gasteiger charge is -2.16. The van der Waals surface area contributed by atoms with Crippen LogP contribution in [-0.2, 0) is 0 Å². The fourth-order valence-electron chi connectivity index (χ4n) is 0.326. The first-order chi connectivity index (χ1) is 3.92. The highest BCUT2D eigenvalue weighted by Gasteiger charge is 2.09. The van der Waals surface area contributed by atoms with E-state index in [9.17, 15) is 4.79 Å². The quantitative estimate of drug-likeness (QED) is 0.561. The Hall–Kier alpha value is -0.730. The van der Waals surface area contributed by atoms with E-state index in [0.717, 1.165) is 0 Å². The van der Waals surface area contributed by atoms with Gasteiger partial charge in [-0.25, -0.2) is 4.79 Å². The Balaban J connectivity index is 3.39. The van der Waals surface area contributed by atoms with Gasteiger partial charge in [-0.15, -0.1) is 0 Å². The van der Waals surface area contributed by atoms with E-state index in [4.69, 9.17) is 5.73 Å². The minimum Gasteiger partial charge on any atom is -0.352 e. The first-order valence-corrected chi connectivity index (χ1v) is 2.80. The van der Waals surface area contributed by atoms with Gasteiger partial charge in [0.05, 0.1) is 0 Å². The van der Waals surface area contributed by atoms with Crippen LogP contribution in [0.25, 0.3) is 0 Å². The number of nitrogens with two attached hydrogens (primary N) is 1. The zero-order chi connectivity index (χ0) is 7.49. The van der Waals surface area contributed by atoms with Gasteiger partial charge in [0, 0.05) is 6.54 Å². The maximum atomic E-state index is 10.1. The molecule has 0 heterocycles. The van der Waals surface area contributed by atoms with E-state index in [0.29, 0.717) is 6.54 Å². The van der Waals surface area contributed by atoms with E-state index in [1.54, 1.807) is 0 Å². The summed E-state index contributed by atoms with van der Waals surface area (Å²) in [4.78, 5) is 10.1. The minimum absolute atomic E-state index is 0.130. The number of rotatable bonds is 2. The summed E-state index contributed by atoms with van der Waals surface area (Å²) in [6.07, 6.45) is 0. The normalized spacial score (nSPS) is 11.0. The van der Waals surface area contributed by atoms with Crippen LogP contribution in [0.1, 0.15) is 13.8 Å². The maximum absolute atomic E-state index is 10.1. The second kappa shape index (κ2) is 2.71. The van der Waals surface area contributed by atoms with Gasteiger partial charge in [0.1, 0.15) is 0 Å². The van der Waals surface area contributed by atoms with Crippen molar-refractivity contribution in [1.82, 2.24) is 5.32 Å². The summed E-state index contributed by atoms with van der Waals surface area (Å²) < 4.78 is 0. The van der Waals surface area contributed by atoms with Gasteiger partial charge >= 0.3 is 6.03 Å². The van der Waals surface area contributed by atoms with Crippen LogP contribution in [-0.4, -0.2) is 12.6 Å². The molecule has 9 heavy (non-hydrogen) atoms. The first kappa shape index (κ1) is 8.27. The molecule has 0 rings (SSSR count). The van der Waals surface area contributed by atoms with Gasteiger partial charge in [-0.3, -0.25) is 0 Å². The van der Waals surface area contributed by atoms with Crippen LogP contribution >= 0.6 is 0 Å². The van der Waals surface area contributed by atoms with Crippen molar-refractivity contribution in [2.75, 3.05) is 6.54 Å². The molecule has 3 N–H and O–H groups in total. The number of urea groups is 1. The monoisotopic (exact) mass is 129 g/mol. The zero-order valence-electron chi connectivity index (χ0n) is 5.90. The van der Waals surface area contributed by atoms with Crippen molar-refractivity contribution < 1.29 is 4.79 Å². The summed E-state index contributed by atoms with van der Waals surface area (Å²) in [5.74, 6) is 0. The summed E-state index contributed by atoms with van der Waals surface area (Å²) in [6, 6.07) is -0.494. The predicted molar refractivity (Wildman–Crippen MR) is 36.7 cm³/mol. The van der Waals surface area contributed by atoms with E-state index in [-0.39, 0.29) is 5.41 Å². The van der Waals surface area contributed by atoms with Gasteiger partial charge in [0.25, 0.3) is 0 Å². The molecule has 0 aromatic rings. The zero-order valence-corrected chi connectivity index (χ0v) is 5.90. The third-order valence-electron chi connectivity index (χ3n) is 0.741. The molecule has 0 aliphatic heterocycles. The van der Waals surface area contributed by atoms with Crippen LogP contribution in [0.5, 0.6) is 0 Å². The van der Waals surface area contributed by atoms with Crippen molar-refractivity contribution in [2.45, 2.75) is 13.8 Å². The fraction of sp³-hybridized carbons (Fsp3) is 0.667. The van der Waals surface area contributed by atoms with E-state index < -0.39 is 6.03 Å². The number of amides is 2. The van der Waals surface area contributed by atoms with Gasteiger partial charge in [-0.05, 0) is 12.3 Å². The molecule has 0 bridgehead atoms. The number of carbonyl (C=O) groups excluding carboxylic acids is 1. The molecule has 0 aromatic heterocycles. The lowest BCUT2D eigenvalue weighted by Crippen LogP contribution is -2.36.